The predicted octanol–water partition coefficient (Wildman–Crippen LogP) is 3.16. The van der Waals surface area contributed by atoms with Gasteiger partial charge in [0.1, 0.15) is 5.75 Å². The zero-order valence-corrected chi connectivity index (χ0v) is 17.3. The first-order valence-electron chi connectivity index (χ1n) is 7.77. The minimum absolute atomic E-state index is 0.153. The normalized spacial score (nSPS) is 10.6. The lowest BCUT2D eigenvalue weighted by Gasteiger charge is -2.10. The van der Waals surface area contributed by atoms with Crippen molar-refractivity contribution in [1.29, 1.82) is 0 Å². The van der Waals surface area contributed by atoms with Crippen LogP contribution < -0.4 is 14.9 Å². The number of ether oxygens (including phenoxy) is 2. The van der Waals surface area contributed by atoms with Crippen molar-refractivity contribution in [3.05, 3.63) is 59.6 Å². The van der Waals surface area contributed by atoms with E-state index in [-0.39, 0.29) is 17.1 Å². The summed E-state index contributed by atoms with van der Waals surface area (Å²) in [5, 5.41) is 35.9. The Morgan fingerprint density at radius 3 is 2.60 bits per heavy atom. The standard InChI is InChI=1S/C16H12BrClN4O8/c1-29-13-5-10(21(25)26)4-12(22(27)28)16(13)30-7-14(23)20-19-6-8-2-9(18)3-11(17)15(8)24/h2-6,24H,7H2,1H3,(H,20,23). The van der Waals surface area contributed by atoms with Gasteiger partial charge in [0, 0.05) is 10.6 Å². The SMILES string of the molecule is COc1cc([N+](=O)[O-])cc([N+](=O)[O-])c1OCC(=O)NN=Cc1cc(Cl)cc(Br)c1O. The highest BCUT2D eigenvalue weighted by atomic mass is 79.9. The topological polar surface area (TPSA) is 166 Å². The summed E-state index contributed by atoms with van der Waals surface area (Å²) >= 11 is 8.96. The Kier molecular flexibility index (Phi) is 7.49. The number of nitrogens with zero attached hydrogens (tertiary/aromatic N) is 3. The molecule has 0 atom stereocenters. The van der Waals surface area contributed by atoms with Crippen molar-refractivity contribution in [2.75, 3.05) is 13.7 Å². The van der Waals surface area contributed by atoms with Crippen LogP contribution in [0.5, 0.6) is 17.2 Å². The largest absolute Gasteiger partial charge is 0.506 e. The van der Waals surface area contributed by atoms with Gasteiger partial charge in [-0.25, -0.2) is 5.43 Å². The molecule has 158 valence electrons. The Morgan fingerprint density at radius 2 is 2.00 bits per heavy atom. The molecule has 0 aliphatic carbocycles. The first kappa shape index (κ1) is 22.8. The molecule has 0 aromatic heterocycles. The lowest BCUT2D eigenvalue weighted by Crippen LogP contribution is -2.25. The van der Waals surface area contributed by atoms with Crippen LogP contribution in [0.2, 0.25) is 5.02 Å². The summed E-state index contributed by atoms with van der Waals surface area (Å²) in [5.41, 5.74) is 0.991. The highest BCUT2D eigenvalue weighted by Crippen LogP contribution is 2.40. The zero-order valence-electron chi connectivity index (χ0n) is 15.0. The maximum Gasteiger partial charge on any atom is 0.321 e. The molecule has 0 unspecified atom stereocenters. The number of hydrogen-bond acceptors (Lipinski definition) is 9. The summed E-state index contributed by atoms with van der Waals surface area (Å²) in [6.07, 6.45) is 1.12. The van der Waals surface area contributed by atoms with Crippen LogP contribution in [0.4, 0.5) is 11.4 Å². The number of rotatable bonds is 8. The molecular formula is C16H12BrClN4O8. The Labute approximate surface area is 181 Å². The molecule has 0 radical (unpaired) electrons. The lowest BCUT2D eigenvalue weighted by atomic mass is 10.2. The van der Waals surface area contributed by atoms with Crippen LogP contribution in [0.3, 0.4) is 0 Å². The van der Waals surface area contributed by atoms with Crippen LogP contribution >= 0.6 is 27.5 Å². The van der Waals surface area contributed by atoms with Gasteiger partial charge in [0.05, 0.1) is 39.8 Å². The average molecular weight is 504 g/mol. The van der Waals surface area contributed by atoms with Crippen LogP contribution in [0.1, 0.15) is 5.56 Å². The van der Waals surface area contributed by atoms with Gasteiger partial charge >= 0.3 is 5.69 Å². The maximum absolute atomic E-state index is 11.9. The van der Waals surface area contributed by atoms with E-state index in [1.54, 1.807) is 0 Å². The number of non-ortho nitro benzene ring substituents is 1. The highest BCUT2D eigenvalue weighted by Gasteiger charge is 2.27. The molecule has 2 aromatic carbocycles. The van der Waals surface area contributed by atoms with Gasteiger partial charge in [0.2, 0.25) is 5.75 Å². The molecule has 2 rings (SSSR count). The number of carbonyl (C=O) groups is 1. The Hall–Kier alpha value is -3.45. The second-order valence-corrected chi connectivity index (χ2v) is 6.71. The van der Waals surface area contributed by atoms with E-state index in [1.807, 2.05) is 0 Å². The fourth-order valence-electron chi connectivity index (χ4n) is 2.14. The molecule has 0 fully saturated rings. The number of carbonyl (C=O) groups excluding carboxylic acids is 1. The molecule has 0 aliphatic heterocycles. The molecule has 0 saturated carbocycles. The summed E-state index contributed by atoms with van der Waals surface area (Å²) in [6.45, 7) is -0.711. The summed E-state index contributed by atoms with van der Waals surface area (Å²) in [6, 6.07) is 4.48. The Morgan fingerprint density at radius 1 is 1.30 bits per heavy atom. The number of methoxy groups -OCH3 is 1. The highest BCUT2D eigenvalue weighted by molar-refractivity contribution is 9.10. The van der Waals surface area contributed by atoms with Crippen molar-refractivity contribution in [2.45, 2.75) is 0 Å². The molecule has 2 N–H and O–H groups in total. The molecular weight excluding hydrogens is 492 g/mol. The third-order valence-electron chi connectivity index (χ3n) is 3.45. The van der Waals surface area contributed by atoms with Crippen LogP contribution in [0, 0.1) is 20.2 Å². The second-order valence-electron chi connectivity index (χ2n) is 5.42. The number of hydrazone groups is 1. The maximum atomic E-state index is 11.9. The second kappa shape index (κ2) is 9.84. The molecule has 1 amide bonds. The summed E-state index contributed by atoms with van der Waals surface area (Å²) in [7, 11) is 1.13. The number of nitrogens with one attached hydrogen (secondary N) is 1. The predicted molar refractivity (Wildman–Crippen MR) is 108 cm³/mol. The van der Waals surface area contributed by atoms with E-state index in [4.69, 9.17) is 21.1 Å². The third kappa shape index (κ3) is 5.55. The van der Waals surface area contributed by atoms with Crippen LogP contribution in [0.25, 0.3) is 0 Å². The average Bonchev–Trinajstić information content (AvgIpc) is 2.68. The van der Waals surface area contributed by atoms with E-state index in [0.717, 1.165) is 19.4 Å². The smallest absolute Gasteiger partial charge is 0.321 e. The van der Waals surface area contributed by atoms with Crippen molar-refractivity contribution in [1.82, 2.24) is 5.43 Å². The van der Waals surface area contributed by atoms with Crippen molar-refractivity contribution >= 4 is 51.0 Å². The minimum atomic E-state index is -0.902. The number of halogens is 2. The number of nitro benzene ring substituents is 2. The van der Waals surface area contributed by atoms with Crippen LogP contribution in [-0.4, -0.2) is 40.8 Å². The van der Waals surface area contributed by atoms with Crippen molar-refractivity contribution in [3.8, 4) is 17.2 Å². The fraction of sp³-hybridized carbons (Fsp3) is 0.125. The quantitative estimate of drug-likeness (QED) is 0.315. The van der Waals surface area contributed by atoms with E-state index >= 15 is 0 Å². The summed E-state index contributed by atoms with van der Waals surface area (Å²) in [4.78, 5) is 32.3. The van der Waals surface area contributed by atoms with Crippen molar-refractivity contribution in [2.24, 2.45) is 5.10 Å². The molecule has 2 aromatic rings. The first-order valence-corrected chi connectivity index (χ1v) is 8.94. The van der Waals surface area contributed by atoms with E-state index in [1.165, 1.54) is 12.1 Å². The molecule has 0 saturated heterocycles. The van der Waals surface area contributed by atoms with Gasteiger partial charge in [-0.15, -0.1) is 0 Å². The number of benzene rings is 2. The molecule has 0 bridgehead atoms. The van der Waals surface area contributed by atoms with Crippen molar-refractivity contribution in [3.63, 3.8) is 0 Å². The van der Waals surface area contributed by atoms with Gasteiger partial charge in [-0.3, -0.25) is 25.0 Å². The monoisotopic (exact) mass is 502 g/mol. The Bertz CT molecular complexity index is 1050. The van der Waals surface area contributed by atoms with E-state index in [2.05, 4.69) is 26.5 Å². The van der Waals surface area contributed by atoms with Gasteiger partial charge in [0.25, 0.3) is 11.6 Å². The minimum Gasteiger partial charge on any atom is -0.506 e. The van der Waals surface area contributed by atoms with Gasteiger partial charge in [-0.2, -0.15) is 5.10 Å². The van der Waals surface area contributed by atoms with E-state index in [0.29, 0.717) is 15.6 Å². The van der Waals surface area contributed by atoms with Gasteiger partial charge < -0.3 is 14.6 Å². The van der Waals surface area contributed by atoms with Gasteiger partial charge in [0.15, 0.2) is 12.4 Å². The Balaban J connectivity index is 2.13. The zero-order chi connectivity index (χ0) is 22.4. The number of phenols is 1. The molecule has 30 heavy (non-hydrogen) atoms. The van der Waals surface area contributed by atoms with E-state index < -0.39 is 39.5 Å². The van der Waals surface area contributed by atoms with E-state index in [9.17, 15) is 30.1 Å². The molecule has 0 spiro atoms. The number of phenolic OH excluding ortho intramolecular Hbond substituents is 1. The molecule has 0 heterocycles. The van der Waals surface area contributed by atoms with Crippen LogP contribution in [-0.2, 0) is 4.79 Å². The van der Waals surface area contributed by atoms with Crippen LogP contribution in [0.15, 0.2) is 33.8 Å². The molecule has 12 nitrogen and oxygen atoms in total. The number of hydrogen-bond donors (Lipinski definition) is 2. The van der Waals surface area contributed by atoms with Gasteiger partial charge in [-0.1, -0.05) is 11.6 Å². The van der Waals surface area contributed by atoms with Crippen molar-refractivity contribution < 1.29 is 29.2 Å². The number of nitro groups is 2. The summed E-state index contributed by atoms with van der Waals surface area (Å²) < 4.78 is 10.3. The molecule has 14 heteroatoms. The molecule has 0 aliphatic rings. The lowest BCUT2D eigenvalue weighted by molar-refractivity contribution is -0.394. The van der Waals surface area contributed by atoms with Gasteiger partial charge in [-0.05, 0) is 28.1 Å². The number of aromatic hydroxyl groups is 1. The summed E-state index contributed by atoms with van der Waals surface area (Å²) in [5.74, 6) is -1.70. The fourth-order valence-corrected chi connectivity index (χ4v) is 2.97. The number of amides is 1. The first-order chi connectivity index (χ1) is 14.1. The third-order valence-corrected chi connectivity index (χ3v) is 4.27.